The second-order valence-electron chi connectivity index (χ2n) is 3.98. The summed E-state index contributed by atoms with van der Waals surface area (Å²) in [5.41, 5.74) is 1.24. The van der Waals surface area contributed by atoms with Crippen LogP contribution < -0.4 is 10.6 Å². The van der Waals surface area contributed by atoms with Crippen molar-refractivity contribution in [3.63, 3.8) is 0 Å². The summed E-state index contributed by atoms with van der Waals surface area (Å²) in [5.74, 6) is 0.677. The SMILES string of the molecule is CC(=O)c1ccc(NC(=O)NCc2ncc[nH]2)cc1. The van der Waals surface area contributed by atoms with Crippen LogP contribution in [0.4, 0.5) is 10.5 Å². The van der Waals surface area contributed by atoms with Gasteiger partial charge in [-0.3, -0.25) is 4.79 Å². The van der Waals surface area contributed by atoms with Crippen LogP contribution >= 0.6 is 0 Å². The predicted octanol–water partition coefficient (Wildman–Crippen LogP) is 1.93. The number of benzene rings is 1. The number of urea groups is 1. The van der Waals surface area contributed by atoms with Crippen LogP contribution in [-0.2, 0) is 6.54 Å². The van der Waals surface area contributed by atoms with Gasteiger partial charge in [-0.05, 0) is 31.2 Å². The lowest BCUT2D eigenvalue weighted by atomic mass is 10.1. The van der Waals surface area contributed by atoms with Crippen LogP contribution in [0.1, 0.15) is 23.1 Å². The summed E-state index contributed by atoms with van der Waals surface area (Å²) in [5, 5.41) is 5.33. The molecule has 2 rings (SSSR count). The number of amides is 2. The number of aromatic nitrogens is 2. The molecule has 0 aliphatic carbocycles. The van der Waals surface area contributed by atoms with Crippen molar-refractivity contribution in [3.8, 4) is 0 Å². The second kappa shape index (κ2) is 5.81. The van der Waals surface area contributed by atoms with Gasteiger partial charge in [-0.2, -0.15) is 0 Å². The van der Waals surface area contributed by atoms with Crippen molar-refractivity contribution in [2.45, 2.75) is 13.5 Å². The van der Waals surface area contributed by atoms with E-state index in [9.17, 15) is 9.59 Å². The first-order chi connectivity index (χ1) is 9.15. The fourth-order valence-corrected chi connectivity index (χ4v) is 1.52. The Labute approximate surface area is 110 Å². The van der Waals surface area contributed by atoms with Gasteiger partial charge in [0.2, 0.25) is 0 Å². The number of Topliss-reactive ketones (excluding diaryl/α,β-unsaturated/α-hetero) is 1. The Balaban J connectivity index is 1.86. The fraction of sp³-hybridized carbons (Fsp3) is 0.154. The highest BCUT2D eigenvalue weighted by Gasteiger charge is 2.03. The molecular formula is C13H14N4O2. The Morgan fingerprint density at radius 1 is 1.26 bits per heavy atom. The number of anilines is 1. The lowest BCUT2D eigenvalue weighted by Gasteiger charge is -2.06. The average molecular weight is 258 g/mol. The summed E-state index contributed by atoms with van der Waals surface area (Å²) < 4.78 is 0. The van der Waals surface area contributed by atoms with E-state index in [1.807, 2.05) is 0 Å². The third-order valence-corrected chi connectivity index (χ3v) is 2.52. The molecule has 0 unspecified atom stereocenters. The molecule has 1 aromatic carbocycles. The van der Waals surface area contributed by atoms with Crippen LogP contribution in [0.25, 0.3) is 0 Å². The van der Waals surface area contributed by atoms with Crippen molar-refractivity contribution < 1.29 is 9.59 Å². The minimum atomic E-state index is -0.327. The number of hydrogen-bond donors (Lipinski definition) is 3. The maximum atomic E-state index is 11.6. The number of rotatable bonds is 4. The number of ketones is 1. The van der Waals surface area contributed by atoms with Gasteiger partial charge in [0, 0.05) is 23.6 Å². The molecule has 0 aliphatic heterocycles. The molecule has 0 spiro atoms. The van der Waals surface area contributed by atoms with Crippen molar-refractivity contribution in [1.29, 1.82) is 0 Å². The Morgan fingerprint density at radius 3 is 2.58 bits per heavy atom. The Morgan fingerprint density at radius 2 is 2.00 bits per heavy atom. The maximum Gasteiger partial charge on any atom is 0.319 e. The molecule has 6 heteroatoms. The predicted molar refractivity (Wildman–Crippen MR) is 70.9 cm³/mol. The van der Waals surface area contributed by atoms with E-state index in [1.54, 1.807) is 36.7 Å². The van der Waals surface area contributed by atoms with E-state index in [0.717, 1.165) is 0 Å². The molecule has 19 heavy (non-hydrogen) atoms. The highest BCUT2D eigenvalue weighted by Crippen LogP contribution is 2.09. The smallest absolute Gasteiger partial charge is 0.319 e. The van der Waals surface area contributed by atoms with E-state index in [0.29, 0.717) is 23.6 Å². The van der Waals surface area contributed by atoms with Crippen LogP contribution in [0.2, 0.25) is 0 Å². The summed E-state index contributed by atoms with van der Waals surface area (Å²) in [6.45, 7) is 1.82. The van der Waals surface area contributed by atoms with Gasteiger partial charge < -0.3 is 15.6 Å². The van der Waals surface area contributed by atoms with E-state index in [1.165, 1.54) is 6.92 Å². The van der Waals surface area contributed by atoms with E-state index < -0.39 is 0 Å². The number of H-pyrrole nitrogens is 1. The molecule has 1 heterocycles. The normalized spacial score (nSPS) is 9.95. The van der Waals surface area contributed by atoms with Gasteiger partial charge >= 0.3 is 6.03 Å². The van der Waals surface area contributed by atoms with Gasteiger partial charge in [-0.1, -0.05) is 0 Å². The molecule has 0 atom stereocenters. The van der Waals surface area contributed by atoms with Gasteiger partial charge in [0.05, 0.1) is 6.54 Å². The molecule has 6 nitrogen and oxygen atoms in total. The lowest BCUT2D eigenvalue weighted by Crippen LogP contribution is -2.28. The molecule has 2 aromatic rings. The number of nitrogens with zero attached hydrogens (tertiary/aromatic N) is 1. The minimum absolute atomic E-state index is 0.00572. The fourth-order valence-electron chi connectivity index (χ4n) is 1.52. The molecule has 98 valence electrons. The van der Waals surface area contributed by atoms with Crippen LogP contribution in [0, 0.1) is 0 Å². The number of imidazole rings is 1. The maximum absolute atomic E-state index is 11.6. The zero-order chi connectivity index (χ0) is 13.7. The third kappa shape index (κ3) is 3.67. The highest BCUT2D eigenvalue weighted by molar-refractivity contribution is 5.95. The zero-order valence-corrected chi connectivity index (χ0v) is 10.4. The van der Waals surface area contributed by atoms with E-state index >= 15 is 0 Å². The molecule has 2 amide bonds. The van der Waals surface area contributed by atoms with Gasteiger partial charge in [-0.25, -0.2) is 9.78 Å². The van der Waals surface area contributed by atoms with Crippen molar-refractivity contribution >= 4 is 17.5 Å². The lowest BCUT2D eigenvalue weighted by molar-refractivity contribution is 0.101. The second-order valence-corrected chi connectivity index (χ2v) is 3.98. The summed E-state index contributed by atoms with van der Waals surface area (Å²) in [6.07, 6.45) is 3.31. The zero-order valence-electron chi connectivity index (χ0n) is 10.4. The molecule has 0 saturated heterocycles. The monoisotopic (exact) mass is 258 g/mol. The number of carbonyl (C=O) groups is 2. The first-order valence-corrected chi connectivity index (χ1v) is 5.79. The summed E-state index contributed by atoms with van der Waals surface area (Å²) in [7, 11) is 0. The molecule has 0 aliphatic rings. The van der Waals surface area contributed by atoms with Crippen LogP contribution in [0.5, 0.6) is 0 Å². The quantitative estimate of drug-likeness (QED) is 0.732. The van der Waals surface area contributed by atoms with Crippen molar-refractivity contribution in [2.24, 2.45) is 0 Å². The Hall–Kier alpha value is -2.63. The van der Waals surface area contributed by atoms with Crippen molar-refractivity contribution in [1.82, 2.24) is 15.3 Å². The number of hydrogen-bond acceptors (Lipinski definition) is 3. The number of nitrogens with one attached hydrogen (secondary N) is 3. The van der Waals surface area contributed by atoms with Crippen molar-refractivity contribution in [3.05, 3.63) is 48.0 Å². The van der Waals surface area contributed by atoms with Gasteiger partial charge in [-0.15, -0.1) is 0 Å². The minimum Gasteiger partial charge on any atom is -0.347 e. The summed E-state index contributed by atoms with van der Waals surface area (Å²) in [6, 6.07) is 6.38. The molecule has 0 fully saturated rings. The number of aromatic amines is 1. The van der Waals surface area contributed by atoms with Crippen LogP contribution in [0.15, 0.2) is 36.7 Å². The van der Waals surface area contributed by atoms with Crippen LogP contribution in [0.3, 0.4) is 0 Å². The molecule has 3 N–H and O–H groups in total. The van der Waals surface area contributed by atoms with E-state index in [2.05, 4.69) is 20.6 Å². The van der Waals surface area contributed by atoms with E-state index in [4.69, 9.17) is 0 Å². The van der Waals surface area contributed by atoms with E-state index in [-0.39, 0.29) is 11.8 Å². The standard InChI is InChI=1S/C13H14N4O2/c1-9(18)10-2-4-11(5-3-10)17-13(19)16-8-12-14-6-7-15-12/h2-7H,8H2,1H3,(H,14,15)(H2,16,17,19). The topological polar surface area (TPSA) is 86.9 Å². The third-order valence-electron chi connectivity index (χ3n) is 2.52. The first kappa shape index (κ1) is 12.8. The van der Waals surface area contributed by atoms with Gasteiger partial charge in [0.1, 0.15) is 5.82 Å². The Kier molecular flexibility index (Phi) is 3.92. The summed E-state index contributed by atoms with van der Waals surface area (Å²) in [4.78, 5) is 29.6. The molecule has 0 bridgehead atoms. The highest BCUT2D eigenvalue weighted by atomic mass is 16.2. The molecule has 0 saturated carbocycles. The largest absolute Gasteiger partial charge is 0.347 e. The molecule has 1 aromatic heterocycles. The van der Waals surface area contributed by atoms with Gasteiger partial charge in [0.15, 0.2) is 5.78 Å². The van der Waals surface area contributed by atoms with Crippen LogP contribution in [-0.4, -0.2) is 21.8 Å². The van der Waals surface area contributed by atoms with Gasteiger partial charge in [0.25, 0.3) is 0 Å². The summed E-state index contributed by atoms with van der Waals surface area (Å²) >= 11 is 0. The Bertz CT molecular complexity index is 561. The molecule has 0 radical (unpaired) electrons. The molecular weight excluding hydrogens is 244 g/mol. The average Bonchev–Trinajstić information content (AvgIpc) is 2.90. The number of carbonyl (C=O) groups excluding carboxylic acids is 2. The van der Waals surface area contributed by atoms with Crippen molar-refractivity contribution in [2.75, 3.05) is 5.32 Å². The first-order valence-electron chi connectivity index (χ1n) is 5.79.